The molecule has 0 radical (unpaired) electrons. The number of amides is 1. The van der Waals surface area contributed by atoms with E-state index < -0.39 is 0 Å². The Morgan fingerprint density at radius 1 is 1.30 bits per heavy atom. The molecule has 3 aliphatic heterocycles. The molecular formula is C21H27FN4O. The molecule has 0 saturated carbocycles. The Bertz CT molecular complexity index is 805. The Morgan fingerprint density at radius 3 is 2.96 bits per heavy atom. The predicted octanol–water partition coefficient (Wildman–Crippen LogP) is 2.91. The summed E-state index contributed by atoms with van der Waals surface area (Å²) in [6.07, 6.45) is 5.06. The van der Waals surface area contributed by atoms with E-state index in [1.165, 1.54) is 18.6 Å². The quantitative estimate of drug-likeness (QED) is 0.880. The molecule has 27 heavy (non-hydrogen) atoms. The monoisotopic (exact) mass is 370 g/mol. The van der Waals surface area contributed by atoms with E-state index in [1.54, 1.807) is 12.4 Å². The van der Waals surface area contributed by atoms with E-state index in [-0.39, 0.29) is 17.8 Å². The minimum atomic E-state index is -0.238. The standard InChI is InChI=1S/C21H27FN4O/c1-15-20(24-14-23-15)13-25-10-17-5-7-19(12-25)26(11-17)21(27)8-6-16-3-2-4-18(22)9-16/h2-4,9,14,17,19H,5-8,10-13H2,1H3,(H,23,24)/t17-,19+/m1/s1. The average molecular weight is 370 g/mol. The fourth-order valence-corrected chi connectivity index (χ4v) is 4.46. The lowest BCUT2D eigenvalue weighted by molar-refractivity contribution is -0.135. The van der Waals surface area contributed by atoms with Crippen molar-refractivity contribution < 1.29 is 9.18 Å². The number of hydrogen-bond acceptors (Lipinski definition) is 3. The van der Waals surface area contributed by atoms with Gasteiger partial charge >= 0.3 is 0 Å². The van der Waals surface area contributed by atoms with Crippen LogP contribution in [0.5, 0.6) is 0 Å². The van der Waals surface area contributed by atoms with E-state index in [0.29, 0.717) is 18.8 Å². The molecule has 144 valence electrons. The molecule has 3 aliphatic rings. The summed E-state index contributed by atoms with van der Waals surface area (Å²) in [5.41, 5.74) is 3.11. The number of nitrogens with zero attached hydrogens (tertiary/aromatic N) is 3. The normalized spacial score (nSPS) is 22.8. The lowest BCUT2D eigenvalue weighted by Crippen LogP contribution is -2.47. The van der Waals surface area contributed by atoms with E-state index in [0.717, 1.165) is 49.6 Å². The Balaban J connectivity index is 1.38. The van der Waals surface area contributed by atoms with E-state index in [1.807, 2.05) is 6.07 Å². The fraction of sp³-hybridized carbons (Fsp3) is 0.524. The third-order valence-electron chi connectivity index (χ3n) is 5.93. The van der Waals surface area contributed by atoms with Crippen LogP contribution in [-0.4, -0.2) is 51.4 Å². The first-order chi connectivity index (χ1) is 13.1. The molecule has 4 heterocycles. The Morgan fingerprint density at radius 2 is 2.19 bits per heavy atom. The first-order valence-electron chi connectivity index (χ1n) is 9.83. The maximum atomic E-state index is 13.3. The maximum absolute atomic E-state index is 13.3. The van der Waals surface area contributed by atoms with E-state index >= 15 is 0 Å². The van der Waals surface area contributed by atoms with Gasteiger partial charge in [0.05, 0.1) is 12.0 Å². The van der Waals surface area contributed by atoms with E-state index in [4.69, 9.17) is 0 Å². The van der Waals surface area contributed by atoms with Crippen molar-refractivity contribution in [2.45, 2.75) is 45.2 Å². The van der Waals surface area contributed by atoms with Gasteiger partial charge in [0.25, 0.3) is 0 Å². The van der Waals surface area contributed by atoms with Gasteiger partial charge in [-0.25, -0.2) is 9.37 Å². The van der Waals surface area contributed by atoms with Crippen molar-refractivity contribution in [3.8, 4) is 0 Å². The SMILES string of the molecule is Cc1[nH]cnc1CN1C[C@H]2CC[C@@H](C1)N(C(=O)CCc1cccc(F)c1)C2. The first-order valence-corrected chi connectivity index (χ1v) is 9.83. The smallest absolute Gasteiger partial charge is 0.223 e. The molecule has 0 spiro atoms. The molecule has 3 fully saturated rings. The van der Waals surface area contributed by atoms with Gasteiger partial charge in [0, 0.05) is 44.3 Å². The van der Waals surface area contributed by atoms with Crippen molar-refractivity contribution >= 4 is 5.91 Å². The topological polar surface area (TPSA) is 52.2 Å². The molecule has 3 saturated heterocycles. The second-order valence-electron chi connectivity index (χ2n) is 7.94. The number of hydrogen-bond donors (Lipinski definition) is 1. The predicted molar refractivity (Wildman–Crippen MR) is 102 cm³/mol. The van der Waals surface area contributed by atoms with Gasteiger partial charge in [0.2, 0.25) is 5.91 Å². The fourth-order valence-electron chi connectivity index (χ4n) is 4.46. The van der Waals surface area contributed by atoms with Crippen molar-refractivity contribution in [3.05, 3.63) is 53.4 Å². The first kappa shape index (κ1) is 18.2. The highest BCUT2D eigenvalue weighted by Crippen LogP contribution is 2.29. The van der Waals surface area contributed by atoms with Crippen LogP contribution in [0.4, 0.5) is 4.39 Å². The Labute approximate surface area is 159 Å². The Hall–Kier alpha value is -2.21. The van der Waals surface area contributed by atoms with Crippen LogP contribution in [0.15, 0.2) is 30.6 Å². The van der Waals surface area contributed by atoms with Crippen molar-refractivity contribution in [1.82, 2.24) is 19.8 Å². The van der Waals surface area contributed by atoms with Gasteiger partial charge in [-0.2, -0.15) is 0 Å². The molecule has 1 N–H and O–H groups in total. The second kappa shape index (κ2) is 7.80. The molecule has 2 atom stereocenters. The molecule has 1 amide bonds. The van der Waals surface area contributed by atoms with Crippen LogP contribution in [0, 0.1) is 18.7 Å². The molecule has 1 aromatic carbocycles. The third kappa shape index (κ3) is 4.21. The van der Waals surface area contributed by atoms with Gasteiger partial charge in [0.15, 0.2) is 0 Å². The second-order valence-corrected chi connectivity index (χ2v) is 7.94. The molecule has 5 rings (SSSR count). The number of aromatic nitrogens is 2. The van der Waals surface area contributed by atoms with Crippen LogP contribution < -0.4 is 0 Å². The summed E-state index contributed by atoms with van der Waals surface area (Å²) < 4.78 is 13.3. The number of imidazole rings is 1. The number of fused-ring (bicyclic) bond motifs is 4. The zero-order chi connectivity index (χ0) is 18.8. The lowest BCUT2D eigenvalue weighted by atomic mass is 9.94. The van der Waals surface area contributed by atoms with Crippen LogP contribution in [-0.2, 0) is 17.8 Å². The van der Waals surface area contributed by atoms with E-state index in [9.17, 15) is 9.18 Å². The summed E-state index contributed by atoms with van der Waals surface area (Å²) in [6, 6.07) is 6.84. The molecule has 2 aromatic rings. The number of halogens is 1. The van der Waals surface area contributed by atoms with Crippen LogP contribution in [0.3, 0.4) is 0 Å². The molecule has 0 unspecified atom stereocenters. The summed E-state index contributed by atoms with van der Waals surface area (Å²) in [5.74, 6) is 0.492. The zero-order valence-corrected chi connectivity index (χ0v) is 15.8. The zero-order valence-electron chi connectivity index (χ0n) is 15.8. The van der Waals surface area contributed by atoms with Crippen LogP contribution in [0.2, 0.25) is 0 Å². The molecular weight excluding hydrogens is 343 g/mol. The van der Waals surface area contributed by atoms with Crippen LogP contribution in [0.1, 0.15) is 36.2 Å². The highest BCUT2D eigenvalue weighted by molar-refractivity contribution is 5.77. The van der Waals surface area contributed by atoms with Crippen molar-refractivity contribution in [2.75, 3.05) is 19.6 Å². The van der Waals surface area contributed by atoms with Crippen LogP contribution in [0.25, 0.3) is 0 Å². The van der Waals surface area contributed by atoms with Crippen molar-refractivity contribution in [3.63, 3.8) is 0 Å². The van der Waals surface area contributed by atoms with Gasteiger partial charge in [-0.05, 0) is 49.8 Å². The average Bonchev–Trinajstić information content (AvgIpc) is 2.87. The molecule has 5 nitrogen and oxygen atoms in total. The summed E-state index contributed by atoms with van der Waals surface area (Å²) >= 11 is 0. The molecule has 2 bridgehead atoms. The molecule has 0 aliphatic carbocycles. The number of nitrogens with one attached hydrogen (secondary N) is 1. The lowest BCUT2D eigenvalue weighted by Gasteiger charge is -2.36. The third-order valence-corrected chi connectivity index (χ3v) is 5.93. The van der Waals surface area contributed by atoms with Gasteiger partial charge in [-0.1, -0.05) is 12.1 Å². The van der Waals surface area contributed by atoms with Crippen LogP contribution >= 0.6 is 0 Å². The molecule has 1 aromatic heterocycles. The van der Waals surface area contributed by atoms with Gasteiger partial charge < -0.3 is 9.88 Å². The number of H-pyrrole nitrogens is 1. The van der Waals surface area contributed by atoms with Gasteiger partial charge in [-0.15, -0.1) is 0 Å². The summed E-state index contributed by atoms with van der Waals surface area (Å²) in [6.45, 7) is 5.68. The highest BCUT2D eigenvalue weighted by Gasteiger charge is 2.37. The number of rotatable bonds is 5. The number of aromatic amines is 1. The number of carbonyl (C=O) groups is 1. The van der Waals surface area contributed by atoms with Crippen molar-refractivity contribution in [2.24, 2.45) is 5.92 Å². The largest absolute Gasteiger partial charge is 0.348 e. The summed E-state index contributed by atoms with van der Waals surface area (Å²) in [4.78, 5) is 25.0. The minimum Gasteiger partial charge on any atom is -0.348 e. The van der Waals surface area contributed by atoms with Gasteiger partial charge in [-0.3, -0.25) is 9.69 Å². The maximum Gasteiger partial charge on any atom is 0.223 e. The van der Waals surface area contributed by atoms with Crippen molar-refractivity contribution in [1.29, 1.82) is 0 Å². The minimum absolute atomic E-state index is 0.201. The van der Waals surface area contributed by atoms with E-state index in [2.05, 4.69) is 26.7 Å². The molecule has 6 heteroatoms. The summed E-state index contributed by atoms with van der Waals surface area (Å²) in [5, 5.41) is 0. The summed E-state index contributed by atoms with van der Waals surface area (Å²) in [7, 11) is 0. The number of carbonyl (C=O) groups excluding carboxylic acids is 1. The number of benzene rings is 1. The Kier molecular flexibility index (Phi) is 5.25. The van der Waals surface area contributed by atoms with Gasteiger partial charge in [0.1, 0.15) is 5.82 Å². The number of piperidine rings is 1. The highest BCUT2D eigenvalue weighted by atomic mass is 19.1. The number of aryl methyl sites for hydroxylation is 2.